The van der Waals surface area contributed by atoms with Crippen LogP contribution in [0.1, 0.15) is 12.0 Å². The van der Waals surface area contributed by atoms with Crippen LogP contribution in [-0.2, 0) is 11.5 Å². The molecule has 1 radical (unpaired) electrons. The number of halogens is 1. The van der Waals surface area contributed by atoms with E-state index in [0.29, 0.717) is 0 Å². The fourth-order valence-electron chi connectivity index (χ4n) is 0.927. The average Bonchev–Trinajstić information content (AvgIpc) is 2.04. The van der Waals surface area contributed by atoms with Crippen LogP contribution in [0.5, 0.6) is 0 Å². The molecule has 0 unspecified atom stereocenters. The van der Waals surface area contributed by atoms with Gasteiger partial charge >= 0.3 is 0 Å². The standard InChI is InChI=1S/C9H10BrO/c10-9-5-3-8(4-6-9)2-1-7-11/h3-6H,1-2,7H2. The maximum absolute atomic E-state index is 10.2. The molecule has 1 aromatic carbocycles. The molecule has 0 aliphatic carbocycles. The van der Waals surface area contributed by atoms with E-state index < -0.39 is 0 Å². The molecule has 0 saturated heterocycles. The molecule has 0 fully saturated rings. The van der Waals surface area contributed by atoms with Gasteiger partial charge in [0.25, 0.3) is 0 Å². The van der Waals surface area contributed by atoms with Crippen molar-refractivity contribution < 1.29 is 5.11 Å². The lowest BCUT2D eigenvalue weighted by molar-refractivity contribution is 0.189. The molecule has 0 aliphatic rings. The van der Waals surface area contributed by atoms with Crippen LogP contribution in [0.25, 0.3) is 0 Å². The van der Waals surface area contributed by atoms with Crippen LogP contribution in [0.4, 0.5) is 0 Å². The second kappa shape index (κ2) is 4.52. The minimum absolute atomic E-state index is 0.0239. The zero-order valence-corrected chi connectivity index (χ0v) is 7.80. The number of aryl methyl sites for hydroxylation is 1. The Hall–Kier alpha value is -0.340. The van der Waals surface area contributed by atoms with Gasteiger partial charge in [-0.1, -0.05) is 28.1 Å². The van der Waals surface area contributed by atoms with Gasteiger partial charge in [0.15, 0.2) is 0 Å². The SMILES string of the molecule is [O]CCCc1ccc(Br)cc1. The van der Waals surface area contributed by atoms with Crippen LogP contribution < -0.4 is 0 Å². The maximum Gasteiger partial charge on any atom is 0.0825 e. The summed E-state index contributed by atoms with van der Waals surface area (Å²) in [5.41, 5.74) is 1.24. The molecule has 0 amide bonds. The van der Waals surface area contributed by atoms with Crippen LogP contribution in [0.3, 0.4) is 0 Å². The van der Waals surface area contributed by atoms with Gasteiger partial charge in [-0.05, 0) is 30.5 Å². The zero-order valence-electron chi connectivity index (χ0n) is 6.22. The average molecular weight is 214 g/mol. The smallest absolute Gasteiger partial charge is 0.0825 e. The Morgan fingerprint density at radius 2 is 1.82 bits per heavy atom. The predicted molar refractivity (Wildman–Crippen MR) is 48.0 cm³/mol. The summed E-state index contributed by atoms with van der Waals surface area (Å²) in [6, 6.07) is 8.08. The summed E-state index contributed by atoms with van der Waals surface area (Å²) >= 11 is 3.35. The van der Waals surface area contributed by atoms with Crippen molar-refractivity contribution in [1.29, 1.82) is 0 Å². The van der Waals surface area contributed by atoms with Gasteiger partial charge in [-0.25, -0.2) is 5.11 Å². The van der Waals surface area contributed by atoms with Crippen molar-refractivity contribution in [3.8, 4) is 0 Å². The normalized spacial score (nSPS) is 10.0. The number of hydrogen-bond donors (Lipinski definition) is 0. The van der Waals surface area contributed by atoms with Crippen molar-refractivity contribution >= 4 is 15.9 Å². The summed E-state index contributed by atoms with van der Waals surface area (Å²) < 4.78 is 1.09. The molecule has 0 heterocycles. The van der Waals surface area contributed by atoms with E-state index in [4.69, 9.17) is 0 Å². The van der Waals surface area contributed by atoms with Gasteiger partial charge in [0.1, 0.15) is 0 Å². The molecule has 0 aliphatic heterocycles. The summed E-state index contributed by atoms with van der Waals surface area (Å²) in [6.45, 7) is 0.0239. The lowest BCUT2D eigenvalue weighted by Crippen LogP contribution is -1.87. The molecule has 0 atom stereocenters. The van der Waals surface area contributed by atoms with E-state index >= 15 is 0 Å². The largest absolute Gasteiger partial charge is 0.237 e. The highest BCUT2D eigenvalue weighted by molar-refractivity contribution is 9.10. The summed E-state index contributed by atoms with van der Waals surface area (Å²) in [5, 5.41) is 10.2. The number of benzene rings is 1. The molecule has 59 valence electrons. The quantitative estimate of drug-likeness (QED) is 0.737. The highest BCUT2D eigenvalue weighted by Crippen LogP contribution is 2.11. The molecule has 0 bridgehead atoms. The lowest BCUT2D eigenvalue weighted by Gasteiger charge is -1.97. The summed E-state index contributed by atoms with van der Waals surface area (Å²) in [4.78, 5) is 0. The van der Waals surface area contributed by atoms with Gasteiger partial charge in [0, 0.05) is 4.47 Å². The van der Waals surface area contributed by atoms with Crippen molar-refractivity contribution in [2.24, 2.45) is 0 Å². The molecule has 1 rings (SSSR count). The molecule has 11 heavy (non-hydrogen) atoms. The van der Waals surface area contributed by atoms with E-state index in [-0.39, 0.29) is 6.61 Å². The topological polar surface area (TPSA) is 19.9 Å². The summed E-state index contributed by atoms with van der Waals surface area (Å²) in [5.74, 6) is 0. The Kier molecular flexibility index (Phi) is 3.60. The van der Waals surface area contributed by atoms with Crippen molar-refractivity contribution in [2.75, 3.05) is 6.61 Å². The van der Waals surface area contributed by atoms with E-state index in [1.807, 2.05) is 24.3 Å². The van der Waals surface area contributed by atoms with Gasteiger partial charge in [0.05, 0.1) is 6.61 Å². The first kappa shape index (κ1) is 8.75. The molecule has 0 N–H and O–H groups in total. The van der Waals surface area contributed by atoms with Crippen LogP contribution in [0.15, 0.2) is 28.7 Å². The van der Waals surface area contributed by atoms with Gasteiger partial charge in [-0.2, -0.15) is 0 Å². The molecule has 0 aromatic heterocycles. The fourth-order valence-corrected chi connectivity index (χ4v) is 1.19. The molecular weight excluding hydrogens is 204 g/mol. The second-order valence-electron chi connectivity index (χ2n) is 2.43. The Labute approximate surface area is 75.2 Å². The van der Waals surface area contributed by atoms with E-state index in [9.17, 15) is 5.11 Å². The molecule has 0 spiro atoms. The second-order valence-corrected chi connectivity index (χ2v) is 3.35. The molecule has 1 aromatic rings. The van der Waals surface area contributed by atoms with Crippen molar-refractivity contribution in [3.63, 3.8) is 0 Å². The monoisotopic (exact) mass is 213 g/mol. The van der Waals surface area contributed by atoms with Crippen LogP contribution in [0, 0.1) is 0 Å². The third-order valence-electron chi connectivity index (χ3n) is 1.52. The van der Waals surface area contributed by atoms with Crippen molar-refractivity contribution in [2.45, 2.75) is 12.8 Å². The minimum Gasteiger partial charge on any atom is -0.237 e. The first-order valence-electron chi connectivity index (χ1n) is 3.65. The number of hydrogen-bond acceptors (Lipinski definition) is 0. The predicted octanol–water partition coefficient (Wildman–Crippen LogP) is 2.81. The Morgan fingerprint density at radius 3 is 2.36 bits per heavy atom. The Bertz CT molecular complexity index is 205. The van der Waals surface area contributed by atoms with E-state index in [1.165, 1.54) is 5.56 Å². The van der Waals surface area contributed by atoms with E-state index in [0.717, 1.165) is 17.3 Å². The van der Waals surface area contributed by atoms with Gasteiger partial charge < -0.3 is 0 Å². The highest BCUT2D eigenvalue weighted by Gasteiger charge is 1.91. The van der Waals surface area contributed by atoms with Crippen LogP contribution in [-0.4, -0.2) is 6.61 Å². The Morgan fingerprint density at radius 1 is 1.18 bits per heavy atom. The molecular formula is C9H10BrO. The first-order valence-corrected chi connectivity index (χ1v) is 4.45. The third kappa shape index (κ3) is 3.04. The van der Waals surface area contributed by atoms with E-state index in [1.54, 1.807) is 0 Å². The zero-order chi connectivity index (χ0) is 8.10. The number of rotatable bonds is 3. The maximum atomic E-state index is 10.2. The van der Waals surface area contributed by atoms with Crippen LogP contribution >= 0.6 is 15.9 Å². The van der Waals surface area contributed by atoms with Gasteiger partial charge in [0.2, 0.25) is 0 Å². The Balaban J connectivity index is 2.52. The molecule has 2 heteroatoms. The minimum atomic E-state index is 0.0239. The fraction of sp³-hybridized carbons (Fsp3) is 0.333. The van der Waals surface area contributed by atoms with Crippen LogP contribution in [0.2, 0.25) is 0 Å². The summed E-state index contributed by atoms with van der Waals surface area (Å²) in [6.07, 6.45) is 1.64. The summed E-state index contributed by atoms with van der Waals surface area (Å²) in [7, 11) is 0. The van der Waals surface area contributed by atoms with Crippen molar-refractivity contribution in [3.05, 3.63) is 34.3 Å². The highest BCUT2D eigenvalue weighted by atomic mass is 79.9. The van der Waals surface area contributed by atoms with E-state index in [2.05, 4.69) is 15.9 Å². The first-order chi connectivity index (χ1) is 5.33. The van der Waals surface area contributed by atoms with Crippen molar-refractivity contribution in [1.82, 2.24) is 0 Å². The van der Waals surface area contributed by atoms with Gasteiger partial charge in [-0.3, -0.25) is 0 Å². The molecule has 0 saturated carbocycles. The molecule has 1 nitrogen and oxygen atoms in total. The lowest BCUT2D eigenvalue weighted by atomic mass is 10.1. The van der Waals surface area contributed by atoms with Gasteiger partial charge in [-0.15, -0.1) is 0 Å². The third-order valence-corrected chi connectivity index (χ3v) is 2.05.